The number of anilines is 3. The summed E-state index contributed by atoms with van der Waals surface area (Å²) < 4.78 is 33.2. The molecule has 0 aromatic heterocycles. The first-order valence-electron chi connectivity index (χ1n) is 8.69. The molecule has 0 aliphatic carbocycles. The van der Waals surface area contributed by atoms with Crippen molar-refractivity contribution in [2.75, 3.05) is 28.6 Å². The lowest BCUT2D eigenvalue weighted by atomic mass is 10.2. The molecule has 1 fully saturated rings. The number of carbonyl (C=O) groups is 2. The van der Waals surface area contributed by atoms with E-state index in [2.05, 4.69) is 10.0 Å². The number of amides is 2. The standard InChI is InChI=1S/C19H21N3O5S/c1-13(23)20-14-5-8-16(9-6-14)28(25,26)21-15-7-10-18(27-2)17(12-15)22-11-3-4-19(22)24/h5-10,12,21H,3-4,11H2,1-2H3,(H,20,23). The summed E-state index contributed by atoms with van der Waals surface area (Å²) >= 11 is 0. The van der Waals surface area contributed by atoms with Crippen LogP contribution in [0.25, 0.3) is 0 Å². The number of carbonyl (C=O) groups excluding carboxylic acids is 2. The van der Waals surface area contributed by atoms with Gasteiger partial charge in [-0.15, -0.1) is 0 Å². The Bertz CT molecular complexity index is 1000. The normalized spacial score (nSPS) is 14.1. The van der Waals surface area contributed by atoms with Gasteiger partial charge in [0.1, 0.15) is 5.75 Å². The van der Waals surface area contributed by atoms with Crippen molar-refractivity contribution in [2.24, 2.45) is 0 Å². The third-order valence-electron chi connectivity index (χ3n) is 4.28. The van der Waals surface area contributed by atoms with Crippen LogP contribution in [0.5, 0.6) is 5.75 Å². The molecule has 0 saturated carbocycles. The summed E-state index contributed by atoms with van der Waals surface area (Å²) in [6, 6.07) is 10.6. The predicted molar refractivity (Wildman–Crippen MR) is 106 cm³/mol. The summed E-state index contributed by atoms with van der Waals surface area (Å²) in [6.45, 7) is 1.94. The predicted octanol–water partition coefficient (Wildman–Crippen LogP) is 2.58. The van der Waals surface area contributed by atoms with Crippen LogP contribution < -0.4 is 19.7 Å². The molecule has 3 rings (SSSR count). The van der Waals surface area contributed by atoms with Gasteiger partial charge in [-0.1, -0.05) is 0 Å². The van der Waals surface area contributed by atoms with E-state index in [9.17, 15) is 18.0 Å². The van der Waals surface area contributed by atoms with Crippen LogP contribution in [0.1, 0.15) is 19.8 Å². The van der Waals surface area contributed by atoms with Crippen LogP contribution in [0.4, 0.5) is 17.1 Å². The fourth-order valence-electron chi connectivity index (χ4n) is 3.00. The first kappa shape index (κ1) is 19.7. The Morgan fingerprint density at radius 1 is 1.11 bits per heavy atom. The van der Waals surface area contributed by atoms with Crippen molar-refractivity contribution in [1.29, 1.82) is 0 Å². The zero-order valence-corrected chi connectivity index (χ0v) is 16.4. The van der Waals surface area contributed by atoms with Gasteiger partial charge < -0.3 is 15.0 Å². The summed E-state index contributed by atoms with van der Waals surface area (Å²) in [4.78, 5) is 24.8. The van der Waals surface area contributed by atoms with Crippen LogP contribution in [0.2, 0.25) is 0 Å². The Kier molecular flexibility index (Phi) is 5.55. The minimum absolute atomic E-state index is 0.0214. The Morgan fingerprint density at radius 2 is 1.79 bits per heavy atom. The molecule has 148 valence electrons. The second-order valence-corrected chi connectivity index (χ2v) is 8.03. The van der Waals surface area contributed by atoms with Gasteiger partial charge in [-0.2, -0.15) is 0 Å². The molecule has 1 aliphatic rings. The molecule has 0 spiro atoms. The van der Waals surface area contributed by atoms with E-state index in [0.29, 0.717) is 35.8 Å². The SMILES string of the molecule is COc1ccc(NS(=O)(=O)c2ccc(NC(C)=O)cc2)cc1N1CCCC1=O. The van der Waals surface area contributed by atoms with Crippen LogP contribution in [0.15, 0.2) is 47.4 Å². The quantitative estimate of drug-likeness (QED) is 0.771. The Morgan fingerprint density at radius 3 is 2.36 bits per heavy atom. The summed E-state index contributed by atoms with van der Waals surface area (Å²) in [7, 11) is -2.34. The van der Waals surface area contributed by atoms with Crippen molar-refractivity contribution in [3.8, 4) is 5.75 Å². The minimum Gasteiger partial charge on any atom is -0.495 e. The van der Waals surface area contributed by atoms with E-state index in [1.54, 1.807) is 23.1 Å². The van der Waals surface area contributed by atoms with E-state index >= 15 is 0 Å². The Balaban J connectivity index is 1.85. The van der Waals surface area contributed by atoms with Crippen LogP contribution in [-0.2, 0) is 19.6 Å². The highest BCUT2D eigenvalue weighted by molar-refractivity contribution is 7.92. The summed E-state index contributed by atoms with van der Waals surface area (Å²) in [5.41, 5.74) is 1.36. The maximum Gasteiger partial charge on any atom is 0.261 e. The number of sulfonamides is 1. The van der Waals surface area contributed by atoms with Gasteiger partial charge in [0.2, 0.25) is 11.8 Å². The summed E-state index contributed by atoms with van der Waals surface area (Å²) in [5, 5.41) is 2.58. The molecule has 2 N–H and O–H groups in total. The number of benzene rings is 2. The highest BCUT2D eigenvalue weighted by Crippen LogP contribution is 2.34. The zero-order chi connectivity index (χ0) is 20.3. The largest absolute Gasteiger partial charge is 0.495 e. The van der Waals surface area contributed by atoms with Crippen molar-refractivity contribution in [3.05, 3.63) is 42.5 Å². The molecule has 1 aliphatic heterocycles. The monoisotopic (exact) mass is 403 g/mol. The number of rotatable bonds is 6. The van der Waals surface area contributed by atoms with Crippen molar-refractivity contribution >= 4 is 38.9 Å². The van der Waals surface area contributed by atoms with Crippen LogP contribution in [-0.4, -0.2) is 33.9 Å². The number of hydrogen-bond donors (Lipinski definition) is 2. The molecular formula is C19H21N3O5S. The first-order valence-corrected chi connectivity index (χ1v) is 10.2. The Hall–Kier alpha value is -3.07. The molecule has 2 aromatic rings. The second kappa shape index (κ2) is 7.89. The van der Waals surface area contributed by atoms with Gasteiger partial charge in [0, 0.05) is 25.6 Å². The van der Waals surface area contributed by atoms with Gasteiger partial charge >= 0.3 is 0 Å². The maximum absolute atomic E-state index is 12.7. The lowest BCUT2D eigenvalue weighted by Crippen LogP contribution is -2.24. The average molecular weight is 403 g/mol. The van der Waals surface area contributed by atoms with Crippen LogP contribution >= 0.6 is 0 Å². The van der Waals surface area contributed by atoms with E-state index in [1.165, 1.54) is 38.3 Å². The molecule has 0 bridgehead atoms. The van der Waals surface area contributed by atoms with Crippen LogP contribution in [0.3, 0.4) is 0 Å². The lowest BCUT2D eigenvalue weighted by molar-refractivity contribution is -0.117. The molecule has 0 radical (unpaired) electrons. The van der Waals surface area contributed by atoms with E-state index < -0.39 is 10.0 Å². The highest BCUT2D eigenvalue weighted by Gasteiger charge is 2.25. The van der Waals surface area contributed by atoms with Crippen molar-refractivity contribution in [2.45, 2.75) is 24.7 Å². The second-order valence-electron chi connectivity index (χ2n) is 6.35. The number of hydrogen-bond acceptors (Lipinski definition) is 5. The number of ether oxygens (including phenoxy) is 1. The van der Waals surface area contributed by atoms with Crippen molar-refractivity contribution in [3.63, 3.8) is 0 Å². The topological polar surface area (TPSA) is 105 Å². The number of nitrogens with one attached hydrogen (secondary N) is 2. The molecule has 2 aromatic carbocycles. The van der Waals surface area contributed by atoms with Crippen LogP contribution in [0, 0.1) is 0 Å². The maximum atomic E-state index is 12.7. The van der Waals surface area contributed by atoms with Gasteiger partial charge in [0.05, 0.1) is 23.4 Å². The van der Waals surface area contributed by atoms with E-state index in [4.69, 9.17) is 4.74 Å². The van der Waals surface area contributed by atoms with E-state index in [1.807, 2.05) is 0 Å². The van der Waals surface area contributed by atoms with Gasteiger partial charge in [0.15, 0.2) is 0 Å². The molecule has 0 atom stereocenters. The average Bonchev–Trinajstić information content (AvgIpc) is 3.07. The fourth-order valence-corrected chi connectivity index (χ4v) is 4.05. The van der Waals surface area contributed by atoms with Gasteiger partial charge in [-0.05, 0) is 48.9 Å². The number of nitrogens with zero attached hydrogens (tertiary/aromatic N) is 1. The van der Waals surface area contributed by atoms with Gasteiger partial charge in [-0.3, -0.25) is 14.3 Å². The summed E-state index contributed by atoms with van der Waals surface area (Å²) in [5.74, 6) is 0.237. The van der Waals surface area contributed by atoms with Crippen molar-refractivity contribution < 1.29 is 22.7 Å². The molecule has 1 heterocycles. The molecular weight excluding hydrogens is 382 g/mol. The molecule has 1 saturated heterocycles. The third-order valence-corrected chi connectivity index (χ3v) is 5.68. The minimum atomic E-state index is -3.84. The first-order chi connectivity index (χ1) is 13.3. The van der Waals surface area contributed by atoms with E-state index in [-0.39, 0.29) is 16.7 Å². The molecule has 0 unspecified atom stereocenters. The fraction of sp³-hybridized carbons (Fsp3) is 0.263. The van der Waals surface area contributed by atoms with Gasteiger partial charge in [-0.25, -0.2) is 8.42 Å². The van der Waals surface area contributed by atoms with E-state index in [0.717, 1.165) is 6.42 Å². The van der Waals surface area contributed by atoms with Crippen molar-refractivity contribution in [1.82, 2.24) is 0 Å². The summed E-state index contributed by atoms with van der Waals surface area (Å²) in [6.07, 6.45) is 1.21. The lowest BCUT2D eigenvalue weighted by Gasteiger charge is -2.20. The smallest absolute Gasteiger partial charge is 0.261 e. The molecule has 9 heteroatoms. The zero-order valence-electron chi connectivity index (χ0n) is 15.6. The molecule has 8 nitrogen and oxygen atoms in total. The molecule has 2 amide bonds. The molecule has 28 heavy (non-hydrogen) atoms. The number of methoxy groups -OCH3 is 1. The van der Waals surface area contributed by atoms with Gasteiger partial charge in [0.25, 0.3) is 10.0 Å². The Labute approximate surface area is 163 Å². The third kappa shape index (κ3) is 4.25. The highest BCUT2D eigenvalue weighted by atomic mass is 32.2.